The fraction of sp³-hybridized carbons (Fsp3) is 0.364. The third-order valence-corrected chi connectivity index (χ3v) is 3.12. The van der Waals surface area contributed by atoms with Gasteiger partial charge in [0.15, 0.2) is 0 Å². The Balaban J connectivity index is 2.75. The summed E-state index contributed by atoms with van der Waals surface area (Å²) in [6.45, 7) is 2.59. The molecular weight excluding hydrogens is 238 g/mol. The van der Waals surface area contributed by atoms with Gasteiger partial charge in [0.1, 0.15) is 5.65 Å². The average Bonchev–Trinajstić information content (AvgIpc) is 2.32. The number of aryl methyl sites for hydroxylation is 1. The Morgan fingerprint density at radius 1 is 1.41 bits per heavy atom. The van der Waals surface area contributed by atoms with Crippen molar-refractivity contribution in [2.75, 3.05) is 6.26 Å². The molecule has 90 valence electrons. The molecule has 0 fully saturated rings. The van der Waals surface area contributed by atoms with Crippen LogP contribution in [0.4, 0.5) is 0 Å². The molecule has 0 radical (unpaired) electrons. The molecule has 0 spiro atoms. The van der Waals surface area contributed by atoms with Gasteiger partial charge in [-0.05, 0) is 12.5 Å². The zero-order chi connectivity index (χ0) is 12.4. The molecule has 2 aromatic rings. The number of nitrogens with zero attached hydrogens (tertiary/aromatic N) is 3. The van der Waals surface area contributed by atoms with E-state index in [4.69, 9.17) is 0 Å². The van der Waals surface area contributed by atoms with E-state index in [1.807, 2.05) is 6.92 Å². The maximum absolute atomic E-state index is 11.7. The van der Waals surface area contributed by atoms with Crippen LogP contribution in [-0.2, 0) is 17.3 Å². The molecule has 2 rings (SSSR count). The quantitative estimate of drug-likeness (QED) is 0.761. The fourth-order valence-corrected chi connectivity index (χ4v) is 2.05. The summed E-state index contributed by atoms with van der Waals surface area (Å²) in [5.41, 5.74) is 0.463. The van der Waals surface area contributed by atoms with Crippen molar-refractivity contribution in [1.29, 1.82) is 0 Å². The maximum atomic E-state index is 11.7. The van der Waals surface area contributed by atoms with Crippen molar-refractivity contribution >= 4 is 21.8 Å². The van der Waals surface area contributed by atoms with E-state index in [0.29, 0.717) is 12.2 Å². The van der Waals surface area contributed by atoms with Crippen LogP contribution in [0.25, 0.3) is 11.0 Å². The number of aromatic nitrogens is 3. The van der Waals surface area contributed by atoms with Gasteiger partial charge in [0, 0.05) is 30.4 Å². The Bertz CT molecular complexity index is 636. The van der Waals surface area contributed by atoms with Crippen molar-refractivity contribution in [3.05, 3.63) is 28.7 Å². The van der Waals surface area contributed by atoms with E-state index in [0.717, 1.165) is 11.8 Å². The van der Waals surface area contributed by atoms with E-state index in [-0.39, 0.29) is 10.7 Å². The number of pyridine rings is 1. The second kappa shape index (κ2) is 4.75. The highest BCUT2D eigenvalue weighted by Crippen LogP contribution is 2.10. The maximum Gasteiger partial charge on any atom is 0.252 e. The molecule has 5 nitrogen and oxygen atoms in total. The smallest absolute Gasteiger partial charge is 0.252 e. The molecule has 0 aliphatic rings. The first-order chi connectivity index (χ1) is 8.13. The van der Waals surface area contributed by atoms with Gasteiger partial charge in [-0.15, -0.1) is 0 Å². The van der Waals surface area contributed by atoms with Crippen LogP contribution in [0, 0.1) is 0 Å². The van der Waals surface area contributed by atoms with Crippen LogP contribution in [0.5, 0.6) is 0 Å². The second-order valence-corrected chi connectivity index (χ2v) is 4.98. The first-order valence-electron chi connectivity index (χ1n) is 5.33. The van der Waals surface area contributed by atoms with Crippen molar-refractivity contribution in [2.45, 2.75) is 25.0 Å². The van der Waals surface area contributed by atoms with Crippen LogP contribution in [0.2, 0.25) is 0 Å². The molecular formula is C11H13N3O2S. The first-order valence-corrected chi connectivity index (χ1v) is 6.89. The zero-order valence-electron chi connectivity index (χ0n) is 9.71. The van der Waals surface area contributed by atoms with E-state index >= 15 is 0 Å². The van der Waals surface area contributed by atoms with Gasteiger partial charge in [0.05, 0.1) is 10.8 Å². The molecule has 0 amide bonds. The standard InChI is InChI=1S/C11H13N3O2S/c1-3-6-14-9(15)5-4-8-7-12-11(17(2)16)13-10(8)14/h4-5,7H,3,6H2,1-2H3. The minimum Gasteiger partial charge on any atom is -0.293 e. The molecule has 0 aliphatic carbocycles. The number of rotatable bonds is 3. The monoisotopic (exact) mass is 251 g/mol. The molecule has 0 saturated carbocycles. The molecule has 0 N–H and O–H groups in total. The van der Waals surface area contributed by atoms with Gasteiger partial charge < -0.3 is 0 Å². The molecule has 1 atom stereocenters. The number of hydrogen-bond acceptors (Lipinski definition) is 4. The normalized spacial score (nSPS) is 12.8. The molecule has 2 heterocycles. The lowest BCUT2D eigenvalue weighted by Gasteiger charge is -2.07. The molecule has 1 unspecified atom stereocenters. The number of hydrogen-bond donors (Lipinski definition) is 0. The summed E-state index contributed by atoms with van der Waals surface area (Å²) >= 11 is 0. The van der Waals surface area contributed by atoms with Gasteiger partial charge in [0.25, 0.3) is 5.56 Å². The highest BCUT2D eigenvalue weighted by molar-refractivity contribution is 7.84. The van der Waals surface area contributed by atoms with E-state index in [1.54, 1.807) is 16.8 Å². The summed E-state index contributed by atoms with van der Waals surface area (Å²) < 4.78 is 12.9. The molecule has 6 heteroatoms. The predicted octanol–water partition coefficient (Wildman–Crippen LogP) is 0.939. The van der Waals surface area contributed by atoms with Crippen molar-refractivity contribution in [1.82, 2.24) is 14.5 Å². The van der Waals surface area contributed by atoms with Crippen molar-refractivity contribution in [3.63, 3.8) is 0 Å². The minimum absolute atomic E-state index is 0.0918. The third-order valence-electron chi connectivity index (χ3n) is 2.41. The van der Waals surface area contributed by atoms with Crippen molar-refractivity contribution in [2.24, 2.45) is 0 Å². The highest BCUT2D eigenvalue weighted by atomic mass is 32.2. The predicted molar refractivity (Wildman–Crippen MR) is 66.4 cm³/mol. The minimum atomic E-state index is -1.24. The van der Waals surface area contributed by atoms with Crippen LogP contribution in [-0.4, -0.2) is 25.0 Å². The molecule has 0 aliphatic heterocycles. The molecule has 0 aromatic carbocycles. The summed E-state index contributed by atoms with van der Waals surface area (Å²) in [6, 6.07) is 3.19. The lowest BCUT2D eigenvalue weighted by molar-refractivity contribution is 0.662. The molecule has 17 heavy (non-hydrogen) atoms. The lowest BCUT2D eigenvalue weighted by Crippen LogP contribution is -2.20. The van der Waals surface area contributed by atoms with Gasteiger partial charge in [0.2, 0.25) is 5.16 Å². The van der Waals surface area contributed by atoms with Gasteiger partial charge in [-0.3, -0.25) is 13.6 Å². The van der Waals surface area contributed by atoms with Crippen LogP contribution in [0.1, 0.15) is 13.3 Å². The fourth-order valence-electron chi connectivity index (χ4n) is 1.63. The van der Waals surface area contributed by atoms with Gasteiger partial charge in [-0.25, -0.2) is 9.97 Å². The zero-order valence-corrected chi connectivity index (χ0v) is 10.5. The molecule has 2 aromatic heterocycles. The van der Waals surface area contributed by atoms with Crippen LogP contribution < -0.4 is 5.56 Å². The Kier molecular flexibility index (Phi) is 3.33. The van der Waals surface area contributed by atoms with E-state index in [2.05, 4.69) is 9.97 Å². The number of fused-ring (bicyclic) bond motifs is 1. The molecule has 0 bridgehead atoms. The summed E-state index contributed by atoms with van der Waals surface area (Å²) in [5.74, 6) is 0. The Labute approximate surface area is 101 Å². The summed E-state index contributed by atoms with van der Waals surface area (Å²) in [6.07, 6.45) is 3.96. The Morgan fingerprint density at radius 3 is 2.82 bits per heavy atom. The lowest BCUT2D eigenvalue weighted by atomic mass is 10.3. The van der Waals surface area contributed by atoms with Crippen molar-refractivity contribution < 1.29 is 4.21 Å². The van der Waals surface area contributed by atoms with Gasteiger partial charge >= 0.3 is 0 Å². The van der Waals surface area contributed by atoms with Crippen LogP contribution >= 0.6 is 0 Å². The highest BCUT2D eigenvalue weighted by Gasteiger charge is 2.07. The largest absolute Gasteiger partial charge is 0.293 e. The first kappa shape index (κ1) is 11.9. The van der Waals surface area contributed by atoms with E-state index < -0.39 is 10.8 Å². The van der Waals surface area contributed by atoms with E-state index in [9.17, 15) is 9.00 Å². The Hall–Kier alpha value is -1.56. The van der Waals surface area contributed by atoms with Crippen LogP contribution in [0.15, 0.2) is 28.3 Å². The Morgan fingerprint density at radius 2 is 2.18 bits per heavy atom. The van der Waals surface area contributed by atoms with Crippen LogP contribution in [0.3, 0.4) is 0 Å². The topological polar surface area (TPSA) is 64.8 Å². The third kappa shape index (κ3) is 2.26. The van der Waals surface area contributed by atoms with E-state index in [1.165, 1.54) is 12.3 Å². The SMILES string of the molecule is CCCn1c(=O)ccc2cnc(S(C)=O)nc21. The molecule has 0 saturated heterocycles. The van der Waals surface area contributed by atoms with Gasteiger partial charge in [-0.2, -0.15) is 0 Å². The van der Waals surface area contributed by atoms with Gasteiger partial charge in [-0.1, -0.05) is 6.92 Å². The second-order valence-electron chi connectivity index (χ2n) is 3.71. The summed E-state index contributed by atoms with van der Waals surface area (Å²) in [7, 11) is -1.24. The van der Waals surface area contributed by atoms with Crippen molar-refractivity contribution in [3.8, 4) is 0 Å². The summed E-state index contributed by atoms with van der Waals surface area (Å²) in [5, 5.41) is 1.04. The average molecular weight is 251 g/mol. The summed E-state index contributed by atoms with van der Waals surface area (Å²) in [4.78, 5) is 19.9.